The van der Waals surface area contributed by atoms with E-state index in [9.17, 15) is 17.6 Å². The molecule has 1 saturated carbocycles. The van der Waals surface area contributed by atoms with Crippen molar-refractivity contribution in [1.29, 1.82) is 0 Å². The molecule has 1 fully saturated rings. The van der Waals surface area contributed by atoms with Crippen LogP contribution in [0.2, 0.25) is 0 Å². The highest BCUT2D eigenvalue weighted by Gasteiger charge is 2.33. The van der Waals surface area contributed by atoms with Gasteiger partial charge in [0.25, 0.3) is 0 Å². The minimum Gasteiger partial charge on any atom is -0.230 e. The van der Waals surface area contributed by atoms with E-state index >= 15 is 0 Å². The normalized spacial score (nSPS) is 29.9. The number of terminal acetylenes is 1. The van der Waals surface area contributed by atoms with E-state index in [1.807, 2.05) is 0 Å². The highest BCUT2D eigenvalue weighted by molar-refractivity contribution is 7.99. The van der Waals surface area contributed by atoms with Gasteiger partial charge in [-0.25, -0.2) is 4.39 Å². The molecule has 0 N–H and O–H groups in total. The van der Waals surface area contributed by atoms with Gasteiger partial charge in [-0.2, -0.15) is 24.9 Å². The van der Waals surface area contributed by atoms with Crippen LogP contribution < -0.4 is 0 Å². The van der Waals surface area contributed by atoms with Gasteiger partial charge in [0.15, 0.2) is 5.67 Å². The lowest BCUT2D eigenvalue weighted by molar-refractivity contribution is -0.129. The van der Waals surface area contributed by atoms with Crippen LogP contribution in [0.4, 0.5) is 17.6 Å². The van der Waals surface area contributed by atoms with Crippen molar-refractivity contribution < 1.29 is 17.6 Å². The van der Waals surface area contributed by atoms with Gasteiger partial charge in [0.05, 0.1) is 6.42 Å². The Morgan fingerprint density at radius 1 is 1.29 bits per heavy atom. The molecule has 0 nitrogen and oxygen atoms in total. The Morgan fingerprint density at radius 3 is 2.35 bits per heavy atom. The first-order chi connectivity index (χ1) is 7.85. The maximum Gasteiger partial charge on any atom is 0.389 e. The van der Waals surface area contributed by atoms with E-state index in [1.54, 1.807) is 0 Å². The Labute approximate surface area is 104 Å². The maximum atomic E-state index is 13.6. The summed E-state index contributed by atoms with van der Waals surface area (Å²) in [5.74, 6) is 3.25. The highest BCUT2D eigenvalue weighted by Crippen LogP contribution is 2.36. The summed E-state index contributed by atoms with van der Waals surface area (Å²) in [7, 11) is 0. The predicted octanol–water partition coefficient (Wildman–Crippen LogP) is 4.20. The summed E-state index contributed by atoms with van der Waals surface area (Å²) in [6, 6.07) is 0. The Balaban J connectivity index is 2.13. The molecule has 0 unspecified atom stereocenters. The third-order valence-electron chi connectivity index (χ3n) is 3.04. The smallest absolute Gasteiger partial charge is 0.230 e. The quantitative estimate of drug-likeness (QED) is 0.418. The van der Waals surface area contributed by atoms with Crippen molar-refractivity contribution in [2.24, 2.45) is 5.92 Å². The first-order valence-corrected chi connectivity index (χ1v) is 6.81. The third-order valence-corrected chi connectivity index (χ3v) is 4.24. The number of hydrogen-bond acceptors (Lipinski definition) is 1. The van der Waals surface area contributed by atoms with Crippen molar-refractivity contribution >= 4 is 11.8 Å². The number of hydrogen-bond donors (Lipinski definition) is 0. The molecule has 5 heteroatoms. The first-order valence-electron chi connectivity index (χ1n) is 5.66. The van der Waals surface area contributed by atoms with E-state index < -0.39 is 18.3 Å². The van der Waals surface area contributed by atoms with Gasteiger partial charge >= 0.3 is 6.18 Å². The van der Waals surface area contributed by atoms with Crippen LogP contribution in [0.3, 0.4) is 0 Å². The minimum absolute atomic E-state index is 0.0932. The Bertz CT molecular complexity index is 271. The van der Waals surface area contributed by atoms with Gasteiger partial charge in [-0.3, -0.25) is 0 Å². The van der Waals surface area contributed by atoms with E-state index in [0.29, 0.717) is 37.4 Å². The van der Waals surface area contributed by atoms with Crippen LogP contribution >= 0.6 is 11.8 Å². The highest BCUT2D eigenvalue weighted by atomic mass is 32.2. The fourth-order valence-corrected chi connectivity index (χ4v) is 3.09. The molecule has 1 rings (SSSR count). The van der Waals surface area contributed by atoms with Crippen molar-refractivity contribution in [2.75, 3.05) is 11.5 Å². The second kappa shape index (κ2) is 5.99. The summed E-state index contributed by atoms with van der Waals surface area (Å²) < 4.78 is 49.3. The largest absolute Gasteiger partial charge is 0.389 e. The van der Waals surface area contributed by atoms with Crippen LogP contribution in [0.5, 0.6) is 0 Å². The SMILES string of the molecule is C#CC1(F)CCC(CSCCC(F)(F)F)CC1. The molecule has 0 aromatic carbocycles. The van der Waals surface area contributed by atoms with Gasteiger partial charge in [-0.05, 0) is 37.4 Å². The lowest BCUT2D eigenvalue weighted by Crippen LogP contribution is -2.28. The molecular weight excluding hydrogens is 252 g/mol. The van der Waals surface area contributed by atoms with Gasteiger partial charge < -0.3 is 0 Å². The van der Waals surface area contributed by atoms with E-state index in [-0.39, 0.29) is 5.75 Å². The molecule has 17 heavy (non-hydrogen) atoms. The molecule has 0 radical (unpaired) electrons. The summed E-state index contributed by atoms with van der Waals surface area (Å²) in [4.78, 5) is 0. The lowest BCUT2D eigenvalue weighted by atomic mass is 9.81. The molecule has 0 saturated heterocycles. The first kappa shape index (κ1) is 14.7. The average Bonchev–Trinajstić information content (AvgIpc) is 2.26. The lowest BCUT2D eigenvalue weighted by Gasteiger charge is -2.30. The van der Waals surface area contributed by atoms with Crippen molar-refractivity contribution in [3.63, 3.8) is 0 Å². The molecule has 0 aromatic heterocycles. The van der Waals surface area contributed by atoms with Crippen molar-refractivity contribution in [3.8, 4) is 12.3 Å². The van der Waals surface area contributed by atoms with Crippen LogP contribution in [-0.4, -0.2) is 23.4 Å². The predicted molar refractivity (Wildman–Crippen MR) is 62.6 cm³/mol. The molecule has 0 bridgehead atoms. The van der Waals surface area contributed by atoms with E-state index in [1.165, 1.54) is 11.8 Å². The zero-order chi connectivity index (χ0) is 12.9. The third kappa shape index (κ3) is 5.67. The fourth-order valence-electron chi connectivity index (χ4n) is 1.88. The maximum absolute atomic E-state index is 13.6. The van der Waals surface area contributed by atoms with Crippen LogP contribution in [0.25, 0.3) is 0 Å². The Morgan fingerprint density at radius 2 is 1.88 bits per heavy atom. The monoisotopic (exact) mass is 268 g/mol. The molecule has 0 atom stereocenters. The summed E-state index contributed by atoms with van der Waals surface area (Å²) >= 11 is 1.30. The minimum atomic E-state index is -4.07. The molecule has 0 spiro atoms. The van der Waals surface area contributed by atoms with Crippen LogP contribution in [0.15, 0.2) is 0 Å². The molecule has 1 aliphatic rings. The second-order valence-electron chi connectivity index (χ2n) is 4.49. The average molecular weight is 268 g/mol. The zero-order valence-electron chi connectivity index (χ0n) is 9.52. The van der Waals surface area contributed by atoms with Gasteiger partial charge in [-0.15, -0.1) is 6.42 Å². The van der Waals surface area contributed by atoms with Gasteiger partial charge in [0, 0.05) is 5.75 Å². The topological polar surface area (TPSA) is 0 Å². The Kier molecular flexibility index (Phi) is 5.18. The summed E-state index contributed by atoms with van der Waals surface area (Å²) in [6.45, 7) is 0. The Hall–Kier alpha value is -0.370. The van der Waals surface area contributed by atoms with Gasteiger partial charge in [0.1, 0.15) is 0 Å². The summed E-state index contributed by atoms with van der Waals surface area (Å²) in [5.41, 5.74) is -1.48. The fraction of sp³-hybridized carbons (Fsp3) is 0.833. The van der Waals surface area contributed by atoms with E-state index in [2.05, 4.69) is 5.92 Å². The van der Waals surface area contributed by atoms with Gasteiger partial charge in [0.2, 0.25) is 0 Å². The number of alkyl halides is 4. The zero-order valence-corrected chi connectivity index (χ0v) is 10.3. The van der Waals surface area contributed by atoms with Crippen molar-refractivity contribution in [3.05, 3.63) is 0 Å². The van der Waals surface area contributed by atoms with Crippen LogP contribution in [-0.2, 0) is 0 Å². The molecule has 0 heterocycles. The van der Waals surface area contributed by atoms with Gasteiger partial charge in [-0.1, -0.05) is 5.92 Å². The molecule has 0 aliphatic heterocycles. The standard InChI is InChI=1S/C12H16F4S/c1-2-11(13)5-3-10(4-6-11)9-17-8-7-12(14,15)16/h1,10H,3-9H2. The molecule has 98 valence electrons. The molecule has 0 aromatic rings. The van der Waals surface area contributed by atoms with Crippen LogP contribution in [0.1, 0.15) is 32.1 Å². The molecule has 0 amide bonds. The number of rotatable bonds is 4. The molecule has 1 aliphatic carbocycles. The van der Waals surface area contributed by atoms with Crippen molar-refractivity contribution in [2.45, 2.75) is 43.9 Å². The van der Waals surface area contributed by atoms with Crippen LogP contribution in [0, 0.1) is 18.3 Å². The second-order valence-corrected chi connectivity index (χ2v) is 5.64. The summed E-state index contributed by atoms with van der Waals surface area (Å²) in [6.07, 6.45) is 2.32. The number of thioether (sulfide) groups is 1. The summed E-state index contributed by atoms with van der Waals surface area (Å²) in [5, 5.41) is 0. The van der Waals surface area contributed by atoms with E-state index in [4.69, 9.17) is 6.42 Å². The number of halogens is 4. The van der Waals surface area contributed by atoms with Crippen molar-refractivity contribution in [1.82, 2.24) is 0 Å². The van der Waals surface area contributed by atoms with E-state index in [0.717, 1.165) is 0 Å². The molecular formula is C12H16F4S.